The van der Waals surface area contributed by atoms with E-state index in [9.17, 15) is 9.90 Å². The maximum atomic E-state index is 12.2. The number of phenols is 1. The fourth-order valence-electron chi connectivity index (χ4n) is 2.05. The van der Waals surface area contributed by atoms with Gasteiger partial charge in [0.2, 0.25) is 0 Å². The molecule has 21 heavy (non-hydrogen) atoms. The van der Waals surface area contributed by atoms with E-state index in [0.717, 1.165) is 10.9 Å². The Balaban J connectivity index is 1.85. The summed E-state index contributed by atoms with van der Waals surface area (Å²) in [5, 5.41) is 20.2. The van der Waals surface area contributed by atoms with Crippen molar-refractivity contribution in [1.29, 1.82) is 0 Å². The maximum absolute atomic E-state index is 12.2. The van der Waals surface area contributed by atoms with E-state index in [0.29, 0.717) is 11.4 Å². The summed E-state index contributed by atoms with van der Waals surface area (Å²) in [4.78, 5) is 12.2. The van der Waals surface area contributed by atoms with Crippen molar-refractivity contribution in [2.45, 2.75) is 0 Å². The van der Waals surface area contributed by atoms with Gasteiger partial charge in [0.05, 0.1) is 24.4 Å². The van der Waals surface area contributed by atoms with E-state index in [1.165, 1.54) is 19.2 Å². The van der Waals surface area contributed by atoms with Gasteiger partial charge in [-0.05, 0) is 30.3 Å². The minimum Gasteiger partial charge on any atom is -0.507 e. The predicted octanol–water partition coefficient (Wildman–Crippen LogP) is 2.53. The van der Waals surface area contributed by atoms with E-state index in [4.69, 9.17) is 4.74 Å². The molecule has 0 aliphatic rings. The van der Waals surface area contributed by atoms with Crippen LogP contribution in [0.4, 0.5) is 5.69 Å². The summed E-state index contributed by atoms with van der Waals surface area (Å²) in [6.07, 6.45) is 1.68. The first-order valence-electron chi connectivity index (χ1n) is 6.29. The van der Waals surface area contributed by atoms with E-state index in [-0.39, 0.29) is 11.3 Å². The second kappa shape index (κ2) is 5.16. The minimum atomic E-state index is -0.391. The number of aromatic nitrogens is 2. The summed E-state index contributed by atoms with van der Waals surface area (Å²) in [6, 6.07) is 9.92. The van der Waals surface area contributed by atoms with Crippen LogP contribution in [0.2, 0.25) is 0 Å². The molecule has 2 aromatic carbocycles. The number of H-pyrrole nitrogens is 1. The first-order valence-corrected chi connectivity index (χ1v) is 6.29. The highest BCUT2D eigenvalue weighted by molar-refractivity contribution is 6.06. The van der Waals surface area contributed by atoms with E-state index < -0.39 is 5.91 Å². The molecule has 1 amide bonds. The van der Waals surface area contributed by atoms with Crippen molar-refractivity contribution in [1.82, 2.24) is 10.2 Å². The van der Waals surface area contributed by atoms with E-state index >= 15 is 0 Å². The molecule has 0 saturated carbocycles. The van der Waals surface area contributed by atoms with Crippen molar-refractivity contribution < 1.29 is 14.6 Å². The van der Waals surface area contributed by atoms with Crippen LogP contribution in [0.15, 0.2) is 42.6 Å². The number of hydrogen-bond donors (Lipinski definition) is 3. The highest BCUT2D eigenvalue weighted by atomic mass is 16.5. The Morgan fingerprint density at radius 1 is 1.29 bits per heavy atom. The van der Waals surface area contributed by atoms with E-state index in [1.54, 1.807) is 24.4 Å². The lowest BCUT2D eigenvalue weighted by Crippen LogP contribution is -2.12. The smallest absolute Gasteiger partial charge is 0.259 e. The molecule has 3 aromatic rings. The van der Waals surface area contributed by atoms with Gasteiger partial charge in [0.1, 0.15) is 11.5 Å². The van der Waals surface area contributed by atoms with Crippen LogP contribution in [-0.4, -0.2) is 28.3 Å². The Hall–Kier alpha value is -3.02. The van der Waals surface area contributed by atoms with Crippen LogP contribution in [0.3, 0.4) is 0 Å². The zero-order chi connectivity index (χ0) is 14.8. The number of nitrogens with one attached hydrogen (secondary N) is 2. The number of fused-ring (bicyclic) bond motifs is 1. The third kappa shape index (κ3) is 2.51. The van der Waals surface area contributed by atoms with Crippen LogP contribution in [0.25, 0.3) is 10.9 Å². The number of carbonyl (C=O) groups is 1. The summed E-state index contributed by atoms with van der Waals surface area (Å²) in [6.45, 7) is 0. The van der Waals surface area contributed by atoms with Gasteiger partial charge < -0.3 is 15.2 Å². The Bertz CT molecular complexity index is 811. The van der Waals surface area contributed by atoms with Crippen molar-refractivity contribution in [3.05, 3.63) is 48.2 Å². The molecule has 1 heterocycles. The molecule has 106 valence electrons. The second-order valence-electron chi connectivity index (χ2n) is 4.51. The zero-order valence-electron chi connectivity index (χ0n) is 11.3. The maximum Gasteiger partial charge on any atom is 0.259 e. The summed E-state index contributed by atoms with van der Waals surface area (Å²) in [5.41, 5.74) is 1.70. The topological polar surface area (TPSA) is 87.2 Å². The summed E-state index contributed by atoms with van der Waals surface area (Å²) in [7, 11) is 1.49. The Kier molecular flexibility index (Phi) is 3.19. The van der Waals surface area contributed by atoms with Crippen LogP contribution >= 0.6 is 0 Å². The van der Waals surface area contributed by atoms with Gasteiger partial charge in [0.25, 0.3) is 5.91 Å². The largest absolute Gasteiger partial charge is 0.507 e. The molecule has 0 aliphatic heterocycles. The number of amides is 1. The molecule has 0 spiro atoms. The number of rotatable bonds is 3. The van der Waals surface area contributed by atoms with Gasteiger partial charge >= 0.3 is 0 Å². The first kappa shape index (κ1) is 13.0. The number of aromatic amines is 1. The number of carbonyl (C=O) groups excluding carboxylic acids is 1. The number of nitrogens with zero attached hydrogens (tertiary/aromatic N) is 1. The summed E-state index contributed by atoms with van der Waals surface area (Å²) in [5.74, 6) is -0.0295. The number of phenolic OH excluding ortho intramolecular Hbond substituents is 1. The van der Waals surface area contributed by atoms with Gasteiger partial charge in [-0.2, -0.15) is 5.10 Å². The van der Waals surface area contributed by atoms with Crippen molar-refractivity contribution in [2.24, 2.45) is 0 Å². The highest BCUT2D eigenvalue weighted by Crippen LogP contribution is 2.25. The zero-order valence-corrected chi connectivity index (χ0v) is 11.3. The lowest BCUT2D eigenvalue weighted by atomic mass is 10.1. The quantitative estimate of drug-likeness (QED) is 0.689. The number of ether oxygens (including phenoxy) is 1. The van der Waals surface area contributed by atoms with Crippen LogP contribution in [-0.2, 0) is 0 Å². The van der Waals surface area contributed by atoms with Crippen molar-refractivity contribution in [3.8, 4) is 11.5 Å². The number of methoxy groups -OCH3 is 1. The first-order chi connectivity index (χ1) is 10.2. The van der Waals surface area contributed by atoms with Crippen LogP contribution in [0.1, 0.15) is 10.4 Å². The molecular weight excluding hydrogens is 270 g/mol. The third-order valence-electron chi connectivity index (χ3n) is 3.15. The molecule has 0 saturated heterocycles. The predicted molar refractivity (Wildman–Crippen MR) is 78.7 cm³/mol. The molecule has 3 rings (SSSR count). The summed E-state index contributed by atoms with van der Waals surface area (Å²) >= 11 is 0. The Morgan fingerprint density at radius 3 is 2.90 bits per heavy atom. The molecular formula is C15H13N3O3. The van der Waals surface area contributed by atoms with Gasteiger partial charge in [-0.1, -0.05) is 0 Å². The average Bonchev–Trinajstić information content (AvgIpc) is 2.94. The molecule has 0 aliphatic carbocycles. The number of aromatic hydroxyl groups is 1. The van der Waals surface area contributed by atoms with Crippen molar-refractivity contribution >= 4 is 22.5 Å². The molecule has 6 nitrogen and oxygen atoms in total. The fourth-order valence-corrected chi connectivity index (χ4v) is 2.05. The van der Waals surface area contributed by atoms with Crippen molar-refractivity contribution in [2.75, 3.05) is 12.4 Å². The molecule has 0 atom stereocenters. The molecule has 0 unspecified atom stereocenters. The number of hydrogen-bond acceptors (Lipinski definition) is 4. The Labute approximate surface area is 120 Å². The normalized spacial score (nSPS) is 10.5. The van der Waals surface area contributed by atoms with Crippen molar-refractivity contribution in [3.63, 3.8) is 0 Å². The monoisotopic (exact) mass is 283 g/mol. The standard InChI is InChI=1S/C15H13N3O3/c1-21-11-3-4-12(14(19)7-11)15(20)17-10-2-5-13-9(6-10)8-16-18-13/h2-8,19H,1H3,(H,16,18)(H,17,20). The lowest BCUT2D eigenvalue weighted by Gasteiger charge is -2.08. The lowest BCUT2D eigenvalue weighted by molar-refractivity contribution is 0.102. The SMILES string of the molecule is COc1ccc(C(=O)Nc2ccc3[nH]ncc3c2)c(O)c1. The van der Waals surface area contributed by atoms with Gasteiger partial charge in [0, 0.05) is 17.1 Å². The van der Waals surface area contributed by atoms with Gasteiger partial charge in [-0.3, -0.25) is 9.89 Å². The van der Waals surface area contributed by atoms with Gasteiger partial charge in [0.15, 0.2) is 0 Å². The van der Waals surface area contributed by atoms with Crippen LogP contribution in [0, 0.1) is 0 Å². The van der Waals surface area contributed by atoms with Crippen LogP contribution < -0.4 is 10.1 Å². The number of anilines is 1. The fraction of sp³-hybridized carbons (Fsp3) is 0.0667. The second-order valence-corrected chi connectivity index (χ2v) is 4.51. The van der Waals surface area contributed by atoms with Crippen LogP contribution in [0.5, 0.6) is 11.5 Å². The molecule has 0 fully saturated rings. The molecule has 0 bridgehead atoms. The van der Waals surface area contributed by atoms with E-state index in [1.807, 2.05) is 6.07 Å². The van der Waals surface area contributed by atoms with E-state index in [2.05, 4.69) is 15.5 Å². The molecule has 1 aromatic heterocycles. The molecule has 0 radical (unpaired) electrons. The van der Waals surface area contributed by atoms with Gasteiger partial charge in [-0.15, -0.1) is 0 Å². The Morgan fingerprint density at radius 2 is 2.14 bits per heavy atom. The molecule has 3 N–H and O–H groups in total. The summed E-state index contributed by atoms with van der Waals surface area (Å²) < 4.78 is 4.99. The third-order valence-corrected chi connectivity index (χ3v) is 3.15. The average molecular weight is 283 g/mol. The van der Waals surface area contributed by atoms with Gasteiger partial charge in [-0.25, -0.2) is 0 Å². The highest BCUT2D eigenvalue weighted by Gasteiger charge is 2.12. The number of benzene rings is 2. The molecule has 6 heteroatoms. The minimum absolute atomic E-state index is 0.128.